The number of hydrogen-bond acceptors (Lipinski definition) is 3. The summed E-state index contributed by atoms with van der Waals surface area (Å²) < 4.78 is 15.2. The number of amides is 1. The van der Waals surface area contributed by atoms with Crippen molar-refractivity contribution in [3.05, 3.63) is 35.2 Å². The van der Waals surface area contributed by atoms with Crippen LogP contribution in [0.4, 0.5) is 4.39 Å². The Bertz CT molecular complexity index is 744. The summed E-state index contributed by atoms with van der Waals surface area (Å²) in [6.07, 6.45) is 1.68. The summed E-state index contributed by atoms with van der Waals surface area (Å²) in [6.45, 7) is -0.147. The number of carbonyl (C=O) groups is 2. The van der Waals surface area contributed by atoms with E-state index in [2.05, 4.69) is 17.5 Å². The Kier molecular flexibility index (Phi) is 4.35. The van der Waals surface area contributed by atoms with Crippen LogP contribution in [0.2, 0.25) is 0 Å². The van der Waals surface area contributed by atoms with Gasteiger partial charge in [0.1, 0.15) is 0 Å². The maximum absolute atomic E-state index is 14.0. The summed E-state index contributed by atoms with van der Waals surface area (Å²) in [5.41, 5.74) is -1.05. The number of carboxylic acid groups (broad SMARTS) is 1. The number of benzene rings is 1. The minimum atomic E-state index is -2.28. The molecule has 2 aromatic rings. The third-order valence-electron chi connectivity index (χ3n) is 4.35. The van der Waals surface area contributed by atoms with Gasteiger partial charge in [-0.3, -0.25) is 4.79 Å². The van der Waals surface area contributed by atoms with Crippen molar-refractivity contribution in [2.45, 2.75) is 31.4 Å². The molecule has 1 unspecified atom stereocenters. The van der Waals surface area contributed by atoms with Gasteiger partial charge in [-0.2, -0.15) is 0 Å². The van der Waals surface area contributed by atoms with E-state index in [4.69, 9.17) is 5.11 Å². The van der Waals surface area contributed by atoms with E-state index < -0.39 is 11.6 Å². The molecule has 2 heterocycles. The molecule has 0 spiro atoms. The maximum atomic E-state index is 14.0. The molecular formula is C17H18FNO3S. The first-order valence-corrected chi connectivity index (χ1v) is 8.53. The van der Waals surface area contributed by atoms with Gasteiger partial charge in [-0.1, -0.05) is 18.2 Å². The van der Waals surface area contributed by atoms with Gasteiger partial charge in [0.2, 0.25) is 11.6 Å². The SMILES string of the molecule is O=C(CCCc1csc2ccccc12)N1CCC(F)(C(=O)O)C1. The van der Waals surface area contributed by atoms with E-state index in [0.717, 1.165) is 6.42 Å². The number of aliphatic carboxylic acids is 1. The van der Waals surface area contributed by atoms with E-state index in [9.17, 15) is 14.0 Å². The lowest BCUT2D eigenvalue weighted by Gasteiger charge is -2.17. The summed E-state index contributed by atoms with van der Waals surface area (Å²) in [4.78, 5) is 24.3. The molecule has 0 saturated carbocycles. The molecule has 4 nitrogen and oxygen atoms in total. The van der Waals surface area contributed by atoms with Crippen LogP contribution in [0.3, 0.4) is 0 Å². The third kappa shape index (κ3) is 3.22. The van der Waals surface area contributed by atoms with Crippen LogP contribution >= 0.6 is 11.3 Å². The van der Waals surface area contributed by atoms with E-state index >= 15 is 0 Å². The summed E-state index contributed by atoms with van der Waals surface area (Å²) in [5.74, 6) is -1.64. The van der Waals surface area contributed by atoms with Crippen LogP contribution in [0.5, 0.6) is 0 Å². The second kappa shape index (κ2) is 6.28. The third-order valence-corrected chi connectivity index (χ3v) is 5.37. The molecule has 1 atom stereocenters. The van der Waals surface area contributed by atoms with Crippen molar-refractivity contribution in [1.82, 2.24) is 4.90 Å². The zero-order valence-electron chi connectivity index (χ0n) is 12.6. The van der Waals surface area contributed by atoms with Gasteiger partial charge < -0.3 is 10.0 Å². The van der Waals surface area contributed by atoms with E-state index in [0.29, 0.717) is 12.8 Å². The number of likely N-dealkylation sites (tertiary alicyclic amines) is 1. The molecule has 3 rings (SSSR count). The summed E-state index contributed by atoms with van der Waals surface area (Å²) in [7, 11) is 0. The van der Waals surface area contributed by atoms with Crippen molar-refractivity contribution >= 4 is 33.3 Å². The first-order valence-electron chi connectivity index (χ1n) is 7.65. The minimum absolute atomic E-state index is 0.122. The van der Waals surface area contributed by atoms with Crippen molar-refractivity contribution < 1.29 is 19.1 Å². The molecule has 1 aliphatic heterocycles. The largest absolute Gasteiger partial charge is 0.479 e. The van der Waals surface area contributed by atoms with Crippen molar-refractivity contribution in [1.29, 1.82) is 0 Å². The number of halogens is 1. The van der Waals surface area contributed by atoms with E-state index in [-0.39, 0.29) is 25.4 Å². The lowest BCUT2D eigenvalue weighted by atomic mass is 10.1. The number of carbonyl (C=O) groups excluding carboxylic acids is 1. The zero-order chi connectivity index (χ0) is 16.4. The maximum Gasteiger partial charge on any atom is 0.343 e. The van der Waals surface area contributed by atoms with Gasteiger partial charge in [-0.25, -0.2) is 9.18 Å². The van der Waals surface area contributed by atoms with Crippen LogP contribution < -0.4 is 0 Å². The van der Waals surface area contributed by atoms with Crippen LogP contribution in [0, 0.1) is 0 Å². The molecule has 1 aromatic carbocycles. The highest BCUT2D eigenvalue weighted by Crippen LogP contribution is 2.28. The minimum Gasteiger partial charge on any atom is -0.479 e. The second-order valence-electron chi connectivity index (χ2n) is 5.95. The van der Waals surface area contributed by atoms with Crippen LogP contribution in [0.1, 0.15) is 24.8 Å². The Hall–Kier alpha value is -1.95. The van der Waals surface area contributed by atoms with Gasteiger partial charge in [0.25, 0.3) is 0 Å². The number of nitrogens with zero attached hydrogens (tertiary/aromatic N) is 1. The monoisotopic (exact) mass is 335 g/mol. The number of rotatable bonds is 5. The summed E-state index contributed by atoms with van der Waals surface area (Å²) in [5, 5.41) is 12.2. The van der Waals surface area contributed by atoms with Gasteiger partial charge in [0.15, 0.2) is 0 Å². The predicted octanol–water partition coefficient (Wildman–Crippen LogP) is 3.25. The summed E-state index contributed by atoms with van der Waals surface area (Å²) in [6, 6.07) is 8.16. The molecule has 1 saturated heterocycles. The van der Waals surface area contributed by atoms with Crippen molar-refractivity contribution in [3.8, 4) is 0 Å². The van der Waals surface area contributed by atoms with E-state index in [1.165, 1.54) is 20.5 Å². The molecule has 0 radical (unpaired) electrons. The number of hydrogen-bond donors (Lipinski definition) is 1. The Morgan fingerprint density at radius 3 is 2.87 bits per heavy atom. The Morgan fingerprint density at radius 2 is 2.13 bits per heavy atom. The van der Waals surface area contributed by atoms with Crippen molar-refractivity contribution in [2.75, 3.05) is 13.1 Å². The molecule has 6 heteroatoms. The number of fused-ring (bicyclic) bond motifs is 1. The molecular weight excluding hydrogens is 317 g/mol. The zero-order valence-corrected chi connectivity index (χ0v) is 13.4. The van der Waals surface area contributed by atoms with Gasteiger partial charge in [0, 0.05) is 24.1 Å². The smallest absolute Gasteiger partial charge is 0.343 e. The highest BCUT2D eigenvalue weighted by Gasteiger charge is 2.46. The van der Waals surface area contributed by atoms with Crippen LogP contribution in [-0.2, 0) is 16.0 Å². The van der Waals surface area contributed by atoms with Crippen molar-refractivity contribution in [2.24, 2.45) is 0 Å². The number of thiophene rings is 1. The highest BCUT2D eigenvalue weighted by atomic mass is 32.1. The van der Waals surface area contributed by atoms with E-state index in [1.54, 1.807) is 11.3 Å². The molecule has 1 aliphatic rings. The Labute approximate surface area is 137 Å². The molecule has 23 heavy (non-hydrogen) atoms. The molecule has 1 aromatic heterocycles. The molecule has 1 fully saturated rings. The quantitative estimate of drug-likeness (QED) is 0.912. The fraction of sp³-hybridized carbons (Fsp3) is 0.412. The van der Waals surface area contributed by atoms with Crippen LogP contribution in [0.25, 0.3) is 10.1 Å². The topological polar surface area (TPSA) is 57.6 Å². The number of carboxylic acids is 1. The van der Waals surface area contributed by atoms with Gasteiger partial charge in [0.05, 0.1) is 6.54 Å². The second-order valence-corrected chi connectivity index (χ2v) is 6.86. The fourth-order valence-electron chi connectivity index (χ4n) is 2.97. The Morgan fingerprint density at radius 1 is 1.35 bits per heavy atom. The molecule has 1 N–H and O–H groups in total. The predicted molar refractivity (Wildman–Crippen MR) is 87.4 cm³/mol. The standard InChI is InChI=1S/C17H18FNO3S/c18-17(16(21)22)8-9-19(11-17)15(20)7-3-4-12-10-23-14-6-2-1-5-13(12)14/h1-2,5-6,10H,3-4,7-9,11H2,(H,21,22). The lowest BCUT2D eigenvalue weighted by molar-refractivity contribution is -0.150. The van der Waals surface area contributed by atoms with Crippen LogP contribution in [0.15, 0.2) is 29.6 Å². The molecule has 0 bridgehead atoms. The first kappa shape index (κ1) is 15.9. The first-order chi connectivity index (χ1) is 11.0. The summed E-state index contributed by atoms with van der Waals surface area (Å²) >= 11 is 1.69. The normalized spacial score (nSPS) is 21.0. The molecule has 1 amide bonds. The number of aryl methyl sites for hydroxylation is 1. The molecule has 0 aliphatic carbocycles. The number of alkyl halides is 1. The van der Waals surface area contributed by atoms with Gasteiger partial charge in [-0.05, 0) is 35.2 Å². The van der Waals surface area contributed by atoms with Gasteiger partial charge in [-0.15, -0.1) is 11.3 Å². The van der Waals surface area contributed by atoms with Gasteiger partial charge >= 0.3 is 5.97 Å². The Balaban J connectivity index is 1.53. The van der Waals surface area contributed by atoms with E-state index in [1.807, 2.05) is 12.1 Å². The van der Waals surface area contributed by atoms with Crippen LogP contribution in [-0.4, -0.2) is 40.6 Å². The fourth-order valence-corrected chi connectivity index (χ4v) is 3.97. The van der Waals surface area contributed by atoms with Crippen molar-refractivity contribution in [3.63, 3.8) is 0 Å². The average molecular weight is 335 g/mol. The molecule has 122 valence electrons. The highest BCUT2D eigenvalue weighted by molar-refractivity contribution is 7.17. The lowest BCUT2D eigenvalue weighted by Crippen LogP contribution is -2.38. The average Bonchev–Trinajstić information content (AvgIpc) is 3.13.